The van der Waals surface area contributed by atoms with E-state index in [1.807, 2.05) is 12.1 Å². The molecule has 0 aliphatic heterocycles. The van der Waals surface area contributed by atoms with Crippen LogP contribution in [-0.2, 0) is 18.3 Å². The quantitative estimate of drug-likeness (QED) is 0.320. The highest BCUT2D eigenvalue weighted by Gasteiger charge is 2.66. The maximum Gasteiger partial charge on any atom is 0.340 e. The molecule has 35 heavy (non-hydrogen) atoms. The molecule has 3 aromatic heterocycles. The lowest BCUT2D eigenvalue weighted by atomic mass is 10.2. The molecule has 0 unspecified atom stereocenters. The molecule has 4 aromatic rings. The second kappa shape index (κ2) is 7.94. The third kappa shape index (κ3) is 3.51. The average Bonchev–Trinajstić information content (AvgIpc) is 3.07. The molecule has 0 spiro atoms. The third-order valence-corrected chi connectivity index (χ3v) is 6.73. The van der Waals surface area contributed by atoms with Crippen LogP contribution in [0.1, 0.15) is 29.0 Å². The van der Waals surface area contributed by atoms with Crippen molar-refractivity contribution in [1.29, 1.82) is 0 Å². The molecule has 1 fully saturated rings. The number of benzene rings is 1. The highest BCUT2D eigenvalue weighted by atomic mass is 19.3. The molecule has 0 radical (unpaired) electrons. The minimum absolute atomic E-state index is 0.0110. The van der Waals surface area contributed by atoms with Crippen LogP contribution < -0.4 is 5.73 Å². The number of fused-ring (bicyclic) bond motifs is 2. The number of imidazole rings is 1. The van der Waals surface area contributed by atoms with Gasteiger partial charge in [0.15, 0.2) is 5.82 Å². The predicted molar refractivity (Wildman–Crippen MR) is 125 cm³/mol. The largest absolute Gasteiger partial charge is 0.465 e. The lowest BCUT2D eigenvalue weighted by Crippen LogP contribution is -2.11. The Morgan fingerprint density at radius 3 is 2.69 bits per heavy atom. The highest BCUT2D eigenvalue weighted by molar-refractivity contribution is 5.95. The van der Waals surface area contributed by atoms with Gasteiger partial charge in [-0.3, -0.25) is 0 Å². The van der Waals surface area contributed by atoms with Crippen LogP contribution in [0.5, 0.6) is 0 Å². The van der Waals surface area contributed by atoms with E-state index in [-0.39, 0.29) is 18.2 Å². The average molecular weight is 483 g/mol. The Hall–Kier alpha value is -3.66. The zero-order valence-corrected chi connectivity index (χ0v) is 19.4. The van der Waals surface area contributed by atoms with Crippen LogP contribution in [0.25, 0.3) is 33.6 Å². The van der Waals surface area contributed by atoms with Gasteiger partial charge < -0.3 is 19.6 Å². The van der Waals surface area contributed by atoms with Gasteiger partial charge in [0.25, 0.3) is 5.92 Å². The first-order chi connectivity index (χ1) is 16.6. The molecule has 1 saturated carbocycles. The molecule has 0 amide bonds. The smallest absolute Gasteiger partial charge is 0.340 e. The van der Waals surface area contributed by atoms with Crippen LogP contribution in [0, 0.1) is 17.7 Å². The molecule has 10 heteroatoms. The fourth-order valence-electron chi connectivity index (χ4n) is 4.64. The number of hydrogen-bond donors (Lipinski definition) is 1. The molecule has 0 saturated heterocycles. The normalized spacial score (nSPS) is 19.7. The number of esters is 1. The SMILES string of the molecule is C=C[C@@H]1[C@H](Cn2c(-c3nc4cc(C(=O)OC)c(F)cc4n3C)cc3ccc([C@@H](C)N)nc32)C1(F)F. The van der Waals surface area contributed by atoms with Gasteiger partial charge in [0.1, 0.15) is 11.5 Å². The molecule has 1 aromatic carbocycles. The zero-order chi connectivity index (χ0) is 25.2. The van der Waals surface area contributed by atoms with Gasteiger partial charge in [0.05, 0.1) is 46.9 Å². The van der Waals surface area contributed by atoms with Gasteiger partial charge in [-0.15, -0.1) is 6.58 Å². The van der Waals surface area contributed by atoms with Crippen molar-refractivity contribution in [3.05, 3.63) is 60.1 Å². The number of aromatic nitrogens is 4. The molecular formula is C25H24F3N5O2. The monoisotopic (exact) mass is 483 g/mol. The number of pyridine rings is 1. The number of rotatable bonds is 6. The van der Waals surface area contributed by atoms with Gasteiger partial charge in [-0.25, -0.2) is 27.9 Å². The molecular weight excluding hydrogens is 459 g/mol. The number of nitrogens with two attached hydrogens (primary N) is 1. The number of allylic oxidation sites excluding steroid dienone is 1. The van der Waals surface area contributed by atoms with E-state index in [4.69, 9.17) is 5.73 Å². The van der Waals surface area contributed by atoms with Gasteiger partial charge >= 0.3 is 5.97 Å². The Bertz CT molecular complexity index is 1500. The van der Waals surface area contributed by atoms with Gasteiger partial charge in [-0.2, -0.15) is 0 Å². The maximum absolute atomic E-state index is 14.6. The molecule has 0 bridgehead atoms. The minimum Gasteiger partial charge on any atom is -0.465 e. The number of alkyl halides is 2. The van der Waals surface area contributed by atoms with E-state index in [0.717, 1.165) is 5.39 Å². The van der Waals surface area contributed by atoms with Crippen LogP contribution in [0.15, 0.2) is 43.0 Å². The van der Waals surface area contributed by atoms with Gasteiger partial charge in [0.2, 0.25) is 0 Å². The summed E-state index contributed by atoms with van der Waals surface area (Å²) >= 11 is 0. The lowest BCUT2D eigenvalue weighted by molar-refractivity contribution is 0.0595. The summed E-state index contributed by atoms with van der Waals surface area (Å²) in [5, 5.41) is 0.733. The topological polar surface area (TPSA) is 88.0 Å². The second-order valence-corrected chi connectivity index (χ2v) is 8.93. The Kier molecular flexibility index (Phi) is 5.24. The minimum atomic E-state index is -2.86. The molecule has 1 aliphatic rings. The van der Waals surface area contributed by atoms with Crippen LogP contribution >= 0.6 is 0 Å². The molecule has 2 N–H and O–H groups in total. The number of carbonyl (C=O) groups is 1. The Morgan fingerprint density at radius 1 is 1.31 bits per heavy atom. The van der Waals surface area contributed by atoms with Crippen molar-refractivity contribution in [3.8, 4) is 11.5 Å². The van der Waals surface area contributed by atoms with Crippen molar-refractivity contribution in [3.63, 3.8) is 0 Å². The summed E-state index contributed by atoms with van der Waals surface area (Å²) in [5.41, 5.74) is 8.26. The first kappa shape index (κ1) is 23.1. The summed E-state index contributed by atoms with van der Waals surface area (Å²) in [6, 6.07) is 7.64. The van der Waals surface area contributed by atoms with E-state index < -0.39 is 29.5 Å². The number of aryl methyl sites for hydroxylation is 1. The summed E-state index contributed by atoms with van der Waals surface area (Å²) in [4.78, 5) is 21.2. The second-order valence-electron chi connectivity index (χ2n) is 8.93. The van der Waals surface area contributed by atoms with Gasteiger partial charge in [-0.05, 0) is 31.2 Å². The number of halogens is 3. The molecule has 3 heterocycles. The van der Waals surface area contributed by atoms with Crippen LogP contribution in [0.4, 0.5) is 13.2 Å². The number of carbonyl (C=O) groups excluding carboxylic acids is 1. The number of methoxy groups -OCH3 is 1. The Balaban J connectivity index is 1.72. The summed E-state index contributed by atoms with van der Waals surface area (Å²) in [5.74, 6) is -5.87. The molecule has 3 atom stereocenters. The van der Waals surface area contributed by atoms with E-state index in [2.05, 4.69) is 21.3 Å². The van der Waals surface area contributed by atoms with E-state index in [9.17, 15) is 18.0 Å². The first-order valence-electron chi connectivity index (χ1n) is 11.1. The van der Waals surface area contributed by atoms with Crippen LogP contribution in [-0.4, -0.2) is 38.1 Å². The predicted octanol–water partition coefficient (Wildman–Crippen LogP) is 4.60. The number of hydrogen-bond acceptors (Lipinski definition) is 5. The molecule has 1 aliphatic carbocycles. The molecule has 5 rings (SSSR count). The molecule has 7 nitrogen and oxygen atoms in total. The van der Waals surface area contributed by atoms with E-state index >= 15 is 0 Å². The Labute approximate surface area is 199 Å². The van der Waals surface area contributed by atoms with Crippen LogP contribution in [0.3, 0.4) is 0 Å². The maximum atomic E-state index is 14.6. The van der Waals surface area contributed by atoms with E-state index in [1.54, 1.807) is 29.2 Å². The first-order valence-corrected chi connectivity index (χ1v) is 11.1. The number of nitrogens with zero attached hydrogens (tertiary/aromatic N) is 4. The summed E-state index contributed by atoms with van der Waals surface area (Å²) in [6.07, 6.45) is 1.28. The third-order valence-electron chi connectivity index (χ3n) is 6.73. The van der Waals surface area contributed by atoms with Crippen molar-refractivity contribution in [1.82, 2.24) is 19.1 Å². The van der Waals surface area contributed by atoms with Crippen molar-refractivity contribution < 1.29 is 22.7 Å². The van der Waals surface area contributed by atoms with Crippen molar-refractivity contribution in [2.45, 2.75) is 25.4 Å². The molecule has 182 valence electrons. The summed E-state index contributed by atoms with van der Waals surface area (Å²) in [6.45, 7) is 5.33. The fourth-order valence-corrected chi connectivity index (χ4v) is 4.64. The van der Waals surface area contributed by atoms with Crippen LogP contribution in [0.2, 0.25) is 0 Å². The number of ether oxygens (including phenoxy) is 1. The zero-order valence-electron chi connectivity index (χ0n) is 19.4. The van der Waals surface area contributed by atoms with Gasteiger partial charge in [0, 0.05) is 31.1 Å². The van der Waals surface area contributed by atoms with Crippen molar-refractivity contribution >= 4 is 28.0 Å². The van der Waals surface area contributed by atoms with E-state index in [0.29, 0.717) is 33.9 Å². The standard InChI is InChI=1S/C25H24F3N5O2/c1-5-15-16(25(15,27)28)11-33-21(8-13-6-7-18(12(2)29)30-22(13)33)23-31-19-9-14(24(34)35-4)17(26)10-20(19)32(23)3/h5-10,12,15-16H,1,11,29H2,2-4H3/t12-,15-,16+/m1/s1. The van der Waals surface area contributed by atoms with Gasteiger partial charge in [-0.1, -0.05) is 6.08 Å². The lowest BCUT2D eigenvalue weighted by Gasteiger charge is -2.11. The van der Waals surface area contributed by atoms with E-state index in [1.165, 1.54) is 25.3 Å². The summed E-state index contributed by atoms with van der Waals surface area (Å²) < 4.78 is 51.4. The van der Waals surface area contributed by atoms with Crippen molar-refractivity contribution in [2.75, 3.05) is 7.11 Å². The highest BCUT2D eigenvalue weighted by Crippen LogP contribution is 2.57. The van der Waals surface area contributed by atoms with Crippen molar-refractivity contribution in [2.24, 2.45) is 24.6 Å². The Morgan fingerprint density at radius 2 is 2.06 bits per heavy atom. The fraction of sp³-hybridized carbons (Fsp3) is 0.320. The summed E-state index contributed by atoms with van der Waals surface area (Å²) in [7, 11) is 2.87.